The molecule has 180 valence electrons. The van der Waals surface area contributed by atoms with Crippen LogP contribution in [0.1, 0.15) is 66.4 Å². The van der Waals surface area contributed by atoms with E-state index >= 15 is 0 Å². The molecular formula is C25H35N3O5. The molecule has 1 fully saturated rings. The summed E-state index contributed by atoms with van der Waals surface area (Å²) in [6.07, 6.45) is 0.430. The fourth-order valence-corrected chi connectivity index (χ4v) is 4.93. The van der Waals surface area contributed by atoms with Crippen molar-refractivity contribution in [3.05, 3.63) is 29.8 Å². The maximum atomic E-state index is 13.8. The molecule has 1 saturated heterocycles. The molecule has 2 aliphatic heterocycles. The molecule has 2 aliphatic rings. The van der Waals surface area contributed by atoms with Crippen LogP contribution in [-0.2, 0) is 29.3 Å². The van der Waals surface area contributed by atoms with Crippen LogP contribution in [0.15, 0.2) is 24.3 Å². The molecule has 0 aromatic heterocycles. The van der Waals surface area contributed by atoms with Gasteiger partial charge in [-0.05, 0) is 50.7 Å². The zero-order chi connectivity index (χ0) is 24.8. The molecule has 1 aromatic rings. The van der Waals surface area contributed by atoms with Crippen molar-refractivity contribution in [3.63, 3.8) is 0 Å². The van der Waals surface area contributed by atoms with Crippen molar-refractivity contribution >= 4 is 29.4 Å². The zero-order valence-corrected chi connectivity index (χ0v) is 20.4. The molecule has 1 spiro atoms. The summed E-state index contributed by atoms with van der Waals surface area (Å²) < 4.78 is 5.46. The van der Waals surface area contributed by atoms with Crippen LogP contribution in [0.4, 0.5) is 5.69 Å². The lowest BCUT2D eigenvalue weighted by Gasteiger charge is -2.31. The number of para-hydroxylation sites is 1. The molecule has 0 saturated carbocycles. The third kappa shape index (κ3) is 5.20. The van der Waals surface area contributed by atoms with Gasteiger partial charge in [0.05, 0.1) is 11.8 Å². The van der Waals surface area contributed by atoms with Gasteiger partial charge in [-0.1, -0.05) is 39.0 Å². The minimum absolute atomic E-state index is 0.0389. The molecule has 0 aliphatic carbocycles. The second kappa shape index (κ2) is 8.47. The van der Waals surface area contributed by atoms with Crippen molar-refractivity contribution < 1.29 is 23.9 Å². The minimum Gasteiger partial charge on any atom is -0.460 e. The largest absolute Gasteiger partial charge is 0.460 e. The Balaban J connectivity index is 1.93. The first-order valence-corrected chi connectivity index (χ1v) is 11.4. The molecule has 3 amide bonds. The molecule has 33 heavy (non-hydrogen) atoms. The number of primary amides is 1. The van der Waals surface area contributed by atoms with Gasteiger partial charge in [0.2, 0.25) is 17.7 Å². The zero-order valence-electron chi connectivity index (χ0n) is 20.4. The Hall–Kier alpha value is -2.90. The third-order valence-electron chi connectivity index (χ3n) is 6.14. The van der Waals surface area contributed by atoms with Crippen molar-refractivity contribution in [3.8, 4) is 0 Å². The molecule has 8 nitrogen and oxygen atoms in total. The Kier molecular flexibility index (Phi) is 6.35. The first-order valence-electron chi connectivity index (χ1n) is 11.4. The highest BCUT2D eigenvalue weighted by molar-refractivity contribution is 6.08. The number of nitrogens with two attached hydrogens (primary N) is 1. The lowest BCUT2D eigenvalue weighted by molar-refractivity contribution is -0.159. The molecular weight excluding hydrogens is 422 g/mol. The number of hydrogen-bond acceptors (Lipinski definition) is 5. The SMILES string of the molecule is CC(C)(C)C[C@H](CC(=O)OC(C)(C)C)C(=O)N1C[C@]2(C[C@H]1C(N)=O)C(=O)Nc1ccccc12. The molecule has 3 N–H and O–H groups in total. The van der Waals surface area contributed by atoms with E-state index in [4.69, 9.17) is 10.5 Å². The highest BCUT2D eigenvalue weighted by Gasteiger charge is 2.57. The molecule has 3 atom stereocenters. The van der Waals surface area contributed by atoms with E-state index in [1.807, 2.05) is 39.0 Å². The van der Waals surface area contributed by atoms with E-state index in [-0.39, 0.29) is 36.6 Å². The van der Waals surface area contributed by atoms with Crippen LogP contribution < -0.4 is 11.1 Å². The monoisotopic (exact) mass is 457 g/mol. The number of carbonyl (C=O) groups excluding carboxylic acids is 4. The summed E-state index contributed by atoms with van der Waals surface area (Å²) in [6.45, 7) is 11.3. The van der Waals surface area contributed by atoms with E-state index in [1.54, 1.807) is 26.8 Å². The van der Waals surface area contributed by atoms with Crippen molar-refractivity contribution in [1.82, 2.24) is 4.90 Å². The van der Waals surface area contributed by atoms with Crippen LogP contribution in [0.25, 0.3) is 0 Å². The van der Waals surface area contributed by atoms with Crippen molar-refractivity contribution in [2.45, 2.75) is 77.9 Å². The average molecular weight is 458 g/mol. The number of nitrogens with one attached hydrogen (secondary N) is 1. The number of fused-ring (bicyclic) bond motifs is 2. The summed E-state index contributed by atoms with van der Waals surface area (Å²) >= 11 is 0. The Morgan fingerprint density at radius 3 is 2.39 bits per heavy atom. The molecule has 8 heteroatoms. The number of amides is 3. The highest BCUT2D eigenvalue weighted by Crippen LogP contribution is 2.47. The average Bonchev–Trinajstić information content (AvgIpc) is 3.18. The van der Waals surface area contributed by atoms with Crippen LogP contribution in [0.2, 0.25) is 0 Å². The molecule has 2 heterocycles. The first-order chi connectivity index (χ1) is 15.1. The summed E-state index contributed by atoms with van der Waals surface area (Å²) in [6, 6.07) is 6.36. The summed E-state index contributed by atoms with van der Waals surface area (Å²) in [7, 11) is 0. The van der Waals surface area contributed by atoms with Gasteiger partial charge in [0.25, 0.3) is 0 Å². The van der Waals surface area contributed by atoms with Crippen LogP contribution in [0, 0.1) is 11.3 Å². The standard InChI is InChI=1S/C25H35N3O5/c1-23(2,3)12-15(11-19(29)33-24(4,5)6)21(31)28-14-25(13-18(28)20(26)30)16-9-7-8-10-17(16)27-22(25)32/h7-10,15,18H,11-14H2,1-6H3,(H2,26,30)(H,27,32)/t15-,18-,25-/m0/s1. The number of benzene rings is 1. The van der Waals surface area contributed by atoms with Crippen molar-refractivity contribution in [2.75, 3.05) is 11.9 Å². The fourth-order valence-electron chi connectivity index (χ4n) is 4.93. The summed E-state index contributed by atoms with van der Waals surface area (Å²) in [5.74, 6) is -2.43. The number of esters is 1. The van der Waals surface area contributed by atoms with E-state index < -0.39 is 34.9 Å². The lowest BCUT2D eigenvalue weighted by atomic mass is 9.79. The Bertz CT molecular complexity index is 975. The van der Waals surface area contributed by atoms with Crippen LogP contribution >= 0.6 is 0 Å². The topological polar surface area (TPSA) is 119 Å². The maximum Gasteiger partial charge on any atom is 0.307 e. The van der Waals surface area contributed by atoms with Gasteiger partial charge in [-0.25, -0.2) is 0 Å². The molecule has 0 radical (unpaired) electrons. The fraction of sp³-hybridized carbons (Fsp3) is 0.600. The van der Waals surface area contributed by atoms with E-state index in [0.717, 1.165) is 5.56 Å². The molecule has 0 unspecified atom stereocenters. The number of carbonyl (C=O) groups is 4. The Morgan fingerprint density at radius 2 is 1.82 bits per heavy atom. The second-order valence-corrected chi connectivity index (χ2v) is 11.4. The van der Waals surface area contributed by atoms with Gasteiger partial charge in [0, 0.05) is 18.2 Å². The molecule has 0 bridgehead atoms. The number of hydrogen-bond donors (Lipinski definition) is 2. The quantitative estimate of drug-likeness (QED) is 0.659. The van der Waals surface area contributed by atoms with Gasteiger partial charge >= 0.3 is 5.97 Å². The predicted molar refractivity (Wildman–Crippen MR) is 124 cm³/mol. The van der Waals surface area contributed by atoms with Gasteiger partial charge in [-0.15, -0.1) is 0 Å². The highest BCUT2D eigenvalue weighted by atomic mass is 16.6. The third-order valence-corrected chi connectivity index (χ3v) is 6.14. The smallest absolute Gasteiger partial charge is 0.307 e. The first kappa shape index (κ1) is 24.7. The molecule has 1 aromatic carbocycles. The summed E-state index contributed by atoms with van der Waals surface area (Å²) in [4.78, 5) is 53.2. The lowest BCUT2D eigenvalue weighted by Crippen LogP contribution is -2.47. The van der Waals surface area contributed by atoms with E-state index in [1.165, 1.54) is 4.90 Å². The number of likely N-dealkylation sites (tertiary alicyclic amines) is 1. The van der Waals surface area contributed by atoms with E-state index in [2.05, 4.69) is 5.32 Å². The van der Waals surface area contributed by atoms with Gasteiger partial charge in [0.15, 0.2) is 0 Å². The van der Waals surface area contributed by atoms with Gasteiger partial charge in [-0.2, -0.15) is 0 Å². The Labute approximate surface area is 195 Å². The van der Waals surface area contributed by atoms with E-state index in [9.17, 15) is 19.2 Å². The molecule has 3 rings (SSSR count). The van der Waals surface area contributed by atoms with Gasteiger partial charge in [-0.3, -0.25) is 19.2 Å². The van der Waals surface area contributed by atoms with Crippen molar-refractivity contribution in [2.24, 2.45) is 17.1 Å². The van der Waals surface area contributed by atoms with E-state index in [0.29, 0.717) is 12.1 Å². The van der Waals surface area contributed by atoms with Crippen LogP contribution in [0.3, 0.4) is 0 Å². The van der Waals surface area contributed by atoms with Gasteiger partial charge < -0.3 is 20.7 Å². The van der Waals surface area contributed by atoms with Crippen LogP contribution in [0.5, 0.6) is 0 Å². The predicted octanol–water partition coefficient (Wildman–Crippen LogP) is 2.75. The van der Waals surface area contributed by atoms with Crippen LogP contribution in [-0.4, -0.2) is 46.8 Å². The number of nitrogens with zero attached hydrogens (tertiary/aromatic N) is 1. The van der Waals surface area contributed by atoms with Crippen molar-refractivity contribution in [1.29, 1.82) is 0 Å². The number of ether oxygens (including phenoxy) is 1. The normalized spacial score (nSPS) is 23.3. The van der Waals surface area contributed by atoms with Gasteiger partial charge in [0.1, 0.15) is 11.6 Å². The number of rotatable bonds is 5. The Morgan fingerprint density at radius 1 is 1.18 bits per heavy atom. The second-order valence-electron chi connectivity index (χ2n) is 11.4. The number of anilines is 1. The summed E-state index contributed by atoms with van der Waals surface area (Å²) in [5.41, 5.74) is 5.18. The summed E-state index contributed by atoms with van der Waals surface area (Å²) in [5, 5.41) is 2.87. The maximum absolute atomic E-state index is 13.8. The minimum atomic E-state index is -1.04.